The van der Waals surface area contributed by atoms with Gasteiger partial charge in [-0.2, -0.15) is 0 Å². The number of carbonyl (C=O) groups excluding carboxylic acids is 1. The Labute approximate surface area is 178 Å². The number of ether oxygens (including phenoxy) is 1. The van der Waals surface area contributed by atoms with Crippen LogP contribution in [-0.4, -0.2) is 43.2 Å². The average molecular weight is 422 g/mol. The van der Waals surface area contributed by atoms with E-state index in [4.69, 9.17) is 4.74 Å². The summed E-state index contributed by atoms with van der Waals surface area (Å²) in [6.45, 7) is 11.7. The number of benzene rings is 1. The van der Waals surface area contributed by atoms with Crippen molar-refractivity contribution < 1.29 is 46.7 Å². The third kappa shape index (κ3) is 5.05. The number of methoxy groups -OCH3 is 1. The largest absolute Gasteiger partial charge is 0.497 e. The monoisotopic (exact) mass is 422 g/mol. The summed E-state index contributed by atoms with van der Waals surface area (Å²) in [7, 11) is 1.67. The second kappa shape index (κ2) is 10.0. The van der Waals surface area contributed by atoms with Gasteiger partial charge in [0.15, 0.2) is 6.04 Å². The minimum Gasteiger partial charge on any atom is -0.497 e. The molecule has 1 heterocycles. The van der Waals surface area contributed by atoms with Gasteiger partial charge in [0.05, 0.1) is 26.7 Å². The molecule has 2 rings (SSSR count). The number of amides is 1. The molecular weight excluding hydrogens is 389 g/mol. The van der Waals surface area contributed by atoms with Crippen molar-refractivity contribution in [3.63, 3.8) is 0 Å². The van der Waals surface area contributed by atoms with Crippen LogP contribution in [0.3, 0.4) is 0 Å². The SMILES string of the molecule is CCC(C(=O)Nc1c(C)cc(OC)cc1C)[N+]1(CC)CCCCC1.[Y]. The second-order valence-corrected chi connectivity index (χ2v) is 7.09. The number of hydrogen-bond acceptors (Lipinski definition) is 2. The number of likely N-dealkylation sites (N-methyl/N-ethyl adjacent to an activating group) is 1. The van der Waals surface area contributed by atoms with Gasteiger partial charge in [-0.25, -0.2) is 0 Å². The van der Waals surface area contributed by atoms with Gasteiger partial charge in [-0.15, -0.1) is 0 Å². The van der Waals surface area contributed by atoms with Crippen molar-refractivity contribution in [1.82, 2.24) is 0 Å². The zero-order chi connectivity index (χ0) is 17.7. The number of rotatable bonds is 6. The quantitative estimate of drug-likeness (QED) is 0.703. The van der Waals surface area contributed by atoms with Crippen LogP contribution < -0.4 is 10.1 Å². The molecule has 0 saturated carbocycles. The summed E-state index contributed by atoms with van der Waals surface area (Å²) in [5.41, 5.74) is 3.04. The molecule has 5 heteroatoms. The summed E-state index contributed by atoms with van der Waals surface area (Å²) in [6, 6.07) is 4.00. The Bertz CT molecular complexity index is 560. The molecule has 0 spiro atoms. The molecule has 1 atom stereocenters. The average Bonchev–Trinajstić information content (AvgIpc) is 2.59. The molecule has 1 saturated heterocycles. The molecule has 1 aliphatic heterocycles. The van der Waals surface area contributed by atoms with Crippen molar-refractivity contribution in [2.75, 3.05) is 32.1 Å². The van der Waals surface area contributed by atoms with E-state index in [2.05, 4.69) is 19.2 Å². The van der Waals surface area contributed by atoms with E-state index < -0.39 is 0 Å². The molecule has 0 aliphatic carbocycles. The molecule has 1 aliphatic rings. The van der Waals surface area contributed by atoms with Crippen LogP contribution in [0.2, 0.25) is 0 Å². The summed E-state index contributed by atoms with van der Waals surface area (Å²) in [5, 5.41) is 3.23. The van der Waals surface area contributed by atoms with E-state index in [1.54, 1.807) is 7.11 Å². The molecule has 1 amide bonds. The van der Waals surface area contributed by atoms with Gasteiger partial charge >= 0.3 is 0 Å². The van der Waals surface area contributed by atoms with Gasteiger partial charge in [0, 0.05) is 44.8 Å². The van der Waals surface area contributed by atoms with Crippen molar-refractivity contribution in [3.05, 3.63) is 23.3 Å². The van der Waals surface area contributed by atoms with Gasteiger partial charge in [-0.1, -0.05) is 6.92 Å². The zero-order valence-corrected chi connectivity index (χ0v) is 19.4. The molecule has 1 unspecified atom stereocenters. The van der Waals surface area contributed by atoms with Crippen molar-refractivity contribution in [3.8, 4) is 5.75 Å². The van der Waals surface area contributed by atoms with Crippen LogP contribution in [0, 0.1) is 13.8 Å². The van der Waals surface area contributed by atoms with E-state index in [1.165, 1.54) is 19.3 Å². The van der Waals surface area contributed by atoms with E-state index in [9.17, 15) is 4.79 Å². The maximum atomic E-state index is 13.1. The first kappa shape index (κ1) is 22.6. The number of carbonyl (C=O) groups is 1. The Morgan fingerprint density at radius 1 is 1.16 bits per heavy atom. The van der Waals surface area contributed by atoms with Crippen LogP contribution in [0.1, 0.15) is 50.7 Å². The maximum Gasteiger partial charge on any atom is 0.282 e. The van der Waals surface area contributed by atoms with Gasteiger partial charge in [0.1, 0.15) is 5.75 Å². The molecule has 1 radical (unpaired) electrons. The first-order chi connectivity index (χ1) is 11.5. The second-order valence-electron chi connectivity index (χ2n) is 7.09. The molecule has 1 aromatic rings. The van der Waals surface area contributed by atoms with E-state index in [0.717, 1.165) is 53.1 Å². The van der Waals surface area contributed by atoms with Crippen molar-refractivity contribution in [2.45, 2.75) is 59.4 Å². The number of nitrogens with one attached hydrogen (secondary N) is 1. The van der Waals surface area contributed by atoms with Crippen LogP contribution in [0.25, 0.3) is 0 Å². The van der Waals surface area contributed by atoms with Crippen molar-refractivity contribution in [1.29, 1.82) is 0 Å². The molecule has 1 N–H and O–H groups in total. The minimum absolute atomic E-state index is 0. The molecule has 1 aromatic carbocycles. The van der Waals surface area contributed by atoms with Crippen LogP contribution in [0.5, 0.6) is 5.75 Å². The zero-order valence-electron chi connectivity index (χ0n) is 16.5. The van der Waals surface area contributed by atoms with Crippen molar-refractivity contribution in [2.24, 2.45) is 0 Å². The molecule has 137 valence electrons. The summed E-state index contributed by atoms with van der Waals surface area (Å²) < 4.78 is 6.26. The normalized spacial score (nSPS) is 17.3. The number of anilines is 1. The predicted octanol–water partition coefficient (Wildman–Crippen LogP) is 4.05. The molecular formula is C20H33N2O2Y+. The van der Waals surface area contributed by atoms with Gasteiger partial charge in [0.2, 0.25) is 0 Å². The van der Waals surface area contributed by atoms with Crippen LogP contribution in [0.4, 0.5) is 5.69 Å². The fraction of sp³-hybridized carbons (Fsp3) is 0.650. The Morgan fingerprint density at radius 3 is 2.16 bits per heavy atom. The first-order valence-corrected chi connectivity index (χ1v) is 9.29. The van der Waals surface area contributed by atoms with E-state index in [-0.39, 0.29) is 44.7 Å². The van der Waals surface area contributed by atoms with Crippen molar-refractivity contribution >= 4 is 11.6 Å². The molecule has 1 fully saturated rings. The van der Waals surface area contributed by atoms with E-state index in [1.807, 2.05) is 26.0 Å². The van der Waals surface area contributed by atoms with Gasteiger partial charge in [0.25, 0.3) is 5.91 Å². The van der Waals surface area contributed by atoms with Crippen LogP contribution in [-0.2, 0) is 37.5 Å². The first-order valence-electron chi connectivity index (χ1n) is 9.29. The summed E-state index contributed by atoms with van der Waals surface area (Å²) in [4.78, 5) is 13.1. The number of piperidine rings is 1. The van der Waals surface area contributed by atoms with Gasteiger partial charge in [-0.05, 0) is 63.3 Å². The van der Waals surface area contributed by atoms with E-state index >= 15 is 0 Å². The molecule has 4 nitrogen and oxygen atoms in total. The Balaban J connectivity index is 0.00000312. The number of hydrogen-bond donors (Lipinski definition) is 1. The Hall–Kier alpha value is -0.446. The number of nitrogens with zero attached hydrogens (tertiary/aromatic N) is 1. The minimum atomic E-state index is 0. The number of likely N-dealkylation sites (tertiary alicyclic amines) is 1. The maximum absolute atomic E-state index is 13.1. The Kier molecular flexibility index (Phi) is 9.07. The van der Waals surface area contributed by atoms with Crippen LogP contribution >= 0.6 is 0 Å². The molecule has 25 heavy (non-hydrogen) atoms. The standard InChI is InChI=1S/C20H32N2O2.Y/c1-6-18(22(7-2)11-9-8-10-12-22)20(23)21-19-15(3)13-17(24-5)14-16(19)4;/h13-14,18H,6-12H2,1-5H3;/p+1. The number of quaternary nitrogens is 1. The predicted molar refractivity (Wildman–Crippen MR) is 99.6 cm³/mol. The third-order valence-electron chi connectivity index (χ3n) is 5.68. The summed E-state index contributed by atoms with van der Waals surface area (Å²) in [6.07, 6.45) is 4.65. The smallest absolute Gasteiger partial charge is 0.282 e. The van der Waals surface area contributed by atoms with Gasteiger partial charge < -0.3 is 14.5 Å². The third-order valence-corrected chi connectivity index (χ3v) is 5.68. The van der Waals surface area contributed by atoms with Gasteiger partial charge in [-0.3, -0.25) is 4.79 Å². The Morgan fingerprint density at radius 2 is 1.72 bits per heavy atom. The molecule has 0 bridgehead atoms. The fourth-order valence-electron chi connectivity index (χ4n) is 4.26. The molecule has 0 aromatic heterocycles. The van der Waals surface area contributed by atoms with E-state index in [0.29, 0.717) is 0 Å². The number of aryl methyl sites for hydroxylation is 2. The summed E-state index contributed by atoms with van der Waals surface area (Å²) in [5.74, 6) is 1.00. The topological polar surface area (TPSA) is 38.3 Å². The van der Waals surface area contributed by atoms with Crippen LogP contribution in [0.15, 0.2) is 12.1 Å². The fourth-order valence-corrected chi connectivity index (χ4v) is 4.26. The summed E-state index contributed by atoms with van der Waals surface area (Å²) >= 11 is 0.